The summed E-state index contributed by atoms with van der Waals surface area (Å²) >= 11 is 0. The normalized spacial score (nSPS) is 14.7. The van der Waals surface area contributed by atoms with Crippen LogP contribution in [-0.2, 0) is 16.1 Å². The van der Waals surface area contributed by atoms with Gasteiger partial charge in [-0.25, -0.2) is 4.79 Å². The van der Waals surface area contributed by atoms with Crippen molar-refractivity contribution in [3.63, 3.8) is 0 Å². The van der Waals surface area contributed by atoms with E-state index in [1.54, 1.807) is 30.0 Å². The summed E-state index contributed by atoms with van der Waals surface area (Å²) in [4.78, 5) is 37.4. The van der Waals surface area contributed by atoms with Crippen molar-refractivity contribution in [3.8, 4) is 0 Å². The number of furan rings is 1. The summed E-state index contributed by atoms with van der Waals surface area (Å²) in [6.45, 7) is 2.95. The van der Waals surface area contributed by atoms with E-state index in [1.165, 1.54) is 18.6 Å². The summed E-state index contributed by atoms with van der Waals surface area (Å²) in [5.41, 5.74) is 1.81. The maximum Gasteiger partial charge on any atom is 0.410 e. The highest BCUT2D eigenvalue weighted by atomic mass is 16.6. The molecular formula is C18H19N3O5. The van der Waals surface area contributed by atoms with E-state index in [1.807, 2.05) is 6.07 Å². The lowest BCUT2D eigenvalue weighted by Gasteiger charge is -2.15. The van der Waals surface area contributed by atoms with Gasteiger partial charge in [-0.05, 0) is 30.7 Å². The number of cyclic esters (lactones) is 1. The van der Waals surface area contributed by atoms with Crippen LogP contribution in [0.1, 0.15) is 22.8 Å². The molecule has 0 bridgehead atoms. The second-order valence-electron chi connectivity index (χ2n) is 5.93. The highest BCUT2D eigenvalue weighted by Crippen LogP contribution is 2.15. The van der Waals surface area contributed by atoms with Gasteiger partial charge in [-0.3, -0.25) is 9.59 Å². The van der Waals surface area contributed by atoms with Crippen molar-refractivity contribution in [1.82, 2.24) is 10.2 Å². The second kappa shape index (κ2) is 7.73. The predicted octanol–water partition coefficient (Wildman–Crippen LogP) is 1.99. The first-order chi connectivity index (χ1) is 12.5. The predicted molar refractivity (Wildman–Crippen MR) is 92.5 cm³/mol. The number of nitrogens with one attached hydrogen (secondary N) is 2. The van der Waals surface area contributed by atoms with Gasteiger partial charge >= 0.3 is 6.09 Å². The molecule has 2 N–H and O–H groups in total. The molecule has 1 aliphatic heterocycles. The number of amides is 3. The van der Waals surface area contributed by atoms with Crippen LogP contribution in [0.4, 0.5) is 10.5 Å². The largest absolute Gasteiger partial charge is 0.472 e. The summed E-state index contributed by atoms with van der Waals surface area (Å²) in [7, 11) is 0. The number of ether oxygens (including phenoxy) is 1. The van der Waals surface area contributed by atoms with Crippen molar-refractivity contribution in [3.05, 3.63) is 54.0 Å². The average Bonchev–Trinajstić information content (AvgIpc) is 3.28. The second-order valence-corrected chi connectivity index (χ2v) is 5.93. The summed E-state index contributed by atoms with van der Waals surface area (Å²) in [6, 6.07) is 7.98. The molecule has 3 rings (SSSR count). The molecule has 0 unspecified atom stereocenters. The molecule has 1 saturated heterocycles. The Kier molecular flexibility index (Phi) is 5.21. The number of carbonyl (C=O) groups is 3. The topological polar surface area (TPSA) is 101 Å². The number of carbonyl (C=O) groups excluding carboxylic acids is 3. The Hall–Kier alpha value is -3.29. The third-order valence-electron chi connectivity index (χ3n) is 3.94. The Balaban J connectivity index is 1.57. The lowest BCUT2D eigenvalue weighted by molar-refractivity contribution is -0.117. The van der Waals surface area contributed by atoms with E-state index in [4.69, 9.17) is 9.15 Å². The summed E-state index contributed by atoms with van der Waals surface area (Å²) < 4.78 is 9.75. The first-order valence-electron chi connectivity index (χ1n) is 8.17. The molecule has 1 aromatic heterocycles. The standard InChI is InChI=1S/C18H19N3O5/c1-12(19-17(23)14-5-7-25-11-14)16(22)20-15-4-2-3-13(9-15)10-21-6-8-26-18(21)24/h2-5,7,9,11-12H,6,8,10H2,1H3,(H,19,23)(H,20,22)/t12-/m1/s1. The van der Waals surface area contributed by atoms with E-state index >= 15 is 0 Å². The minimum Gasteiger partial charge on any atom is -0.472 e. The van der Waals surface area contributed by atoms with Gasteiger partial charge in [-0.15, -0.1) is 0 Å². The fraction of sp³-hybridized carbons (Fsp3) is 0.278. The van der Waals surface area contributed by atoms with Gasteiger partial charge in [-0.2, -0.15) is 0 Å². The first-order valence-corrected chi connectivity index (χ1v) is 8.17. The van der Waals surface area contributed by atoms with Crippen molar-refractivity contribution < 1.29 is 23.5 Å². The molecule has 0 radical (unpaired) electrons. The monoisotopic (exact) mass is 357 g/mol. The molecule has 1 fully saturated rings. The SMILES string of the molecule is C[C@@H](NC(=O)c1ccoc1)C(=O)Nc1cccc(CN2CCOC2=O)c1. The number of rotatable bonds is 6. The average molecular weight is 357 g/mol. The fourth-order valence-electron chi connectivity index (χ4n) is 2.53. The smallest absolute Gasteiger partial charge is 0.410 e. The van der Waals surface area contributed by atoms with Gasteiger partial charge in [0.2, 0.25) is 5.91 Å². The Morgan fingerprint density at radius 2 is 2.15 bits per heavy atom. The van der Waals surface area contributed by atoms with Crippen LogP contribution in [0.2, 0.25) is 0 Å². The van der Waals surface area contributed by atoms with Gasteiger partial charge < -0.3 is 24.7 Å². The lowest BCUT2D eigenvalue weighted by atomic mass is 10.2. The molecule has 1 atom stereocenters. The van der Waals surface area contributed by atoms with Crippen LogP contribution in [-0.4, -0.2) is 42.0 Å². The molecule has 26 heavy (non-hydrogen) atoms. The van der Waals surface area contributed by atoms with Crippen LogP contribution < -0.4 is 10.6 Å². The third-order valence-corrected chi connectivity index (χ3v) is 3.94. The third kappa shape index (κ3) is 4.21. The lowest BCUT2D eigenvalue weighted by Crippen LogP contribution is -2.41. The zero-order valence-corrected chi connectivity index (χ0v) is 14.2. The molecule has 2 aromatic rings. The summed E-state index contributed by atoms with van der Waals surface area (Å²) in [5.74, 6) is -0.734. The van der Waals surface area contributed by atoms with Gasteiger partial charge in [0.25, 0.3) is 5.91 Å². The van der Waals surface area contributed by atoms with Crippen LogP contribution in [0.3, 0.4) is 0 Å². The van der Waals surface area contributed by atoms with Crippen molar-refractivity contribution in [1.29, 1.82) is 0 Å². The fourth-order valence-corrected chi connectivity index (χ4v) is 2.53. The Morgan fingerprint density at radius 3 is 2.85 bits per heavy atom. The van der Waals surface area contributed by atoms with Crippen molar-refractivity contribution in [2.75, 3.05) is 18.5 Å². The zero-order valence-electron chi connectivity index (χ0n) is 14.2. The van der Waals surface area contributed by atoms with Crippen molar-refractivity contribution in [2.24, 2.45) is 0 Å². The molecule has 3 amide bonds. The van der Waals surface area contributed by atoms with Crippen LogP contribution in [0.5, 0.6) is 0 Å². The van der Waals surface area contributed by atoms with Crippen LogP contribution in [0.15, 0.2) is 47.3 Å². The molecule has 8 nitrogen and oxygen atoms in total. The number of nitrogens with zero attached hydrogens (tertiary/aromatic N) is 1. The van der Waals surface area contributed by atoms with E-state index < -0.39 is 6.04 Å². The van der Waals surface area contributed by atoms with E-state index in [9.17, 15) is 14.4 Å². The van der Waals surface area contributed by atoms with Crippen LogP contribution in [0, 0.1) is 0 Å². The molecule has 136 valence electrons. The Bertz CT molecular complexity index is 803. The van der Waals surface area contributed by atoms with Gasteiger partial charge in [0.05, 0.1) is 18.4 Å². The van der Waals surface area contributed by atoms with Gasteiger partial charge in [-0.1, -0.05) is 12.1 Å². The number of benzene rings is 1. The zero-order chi connectivity index (χ0) is 18.5. The molecular weight excluding hydrogens is 338 g/mol. The molecule has 8 heteroatoms. The van der Waals surface area contributed by atoms with E-state index in [-0.39, 0.29) is 17.9 Å². The summed E-state index contributed by atoms with van der Waals surface area (Å²) in [5, 5.41) is 5.36. The minimum absolute atomic E-state index is 0.338. The van der Waals surface area contributed by atoms with Crippen molar-refractivity contribution >= 4 is 23.6 Å². The van der Waals surface area contributed by atoms with Gasteiger partial charge in [0.15, 0.2) is 0 Å². The summed E-state index contributed by atoms with van der Waals surface area (Å²) in [6.07, 6.45) is 2.36. The van der Waals surface area contributed by atoms with Gasteiger partial charge in [0.1, 0.15) is 18.9 Å². The number of hydrogen-bond donors (Lipinski definition) is 2. The molecule has 0 saturated carbocycles. The van der Waals surface area contributed by atoms with E-state index in [0.29, 0.717) is 30.9 Å². The molecule has 2 heterocycles. The molecule has 0 aliphatic carbocycles. The Labute approximate surface area is 150 Å². The van der Waals surface area contributed by atoms with Crippen molar-refractivity contribution in [2.45, 2.75) is 19.5 Å². The van der Waals surface area contributed by atoms with Crippen LogP contribution in [0.25, 0.3) is 0 Å². The quantitative estimate of drug-likeness (QED) is 0.823. The van der Waals surface area contributed by atoms with E-state index in [2.05, 4.69) is 10.6 Å². The Morgan fingerprint density at radius 1 is 1.31 bits per heavy atom. The number of hydrogen-bond acceptors (Lipinski definition) is 5. The highest BCUT2D eigenvalue weighted by Gasteiger charge is 2.22. The maximum atomic E-state index is 12.3. The van der Waals surface area contributed by atoms with E-state index in [0.717, 1.165) is 5.56 Å². The number of anilines is 1. The van der Waals surface area contributed by atoms with Crippen LogP contribution >= 0.6 is 0 Å². The molecule has 0 spiro atoms. The first kappa shape index (κ1) is 17.5. The molecule has 1 aliphatic rings. The highest BCUT2D eigenvalue weighted by molar-refractivity contribution is 6.00. The van der Waals surface area contributed by atoms with Gasteiger partial charge in [0, 0.05) is 12.2 Å². The molecule has 1 aromatic carbocycles. The minimum atomic E-state index is -0.727. The maximum absolute atomic E-state index is 12.3.